The summed E-state index contributed by atoms with van der Waals surface area (Å²) in [5.41, 5.74) is 2.73. The molecule has 0 aliphatic carbocycles. The molecule has 1 amide bonds. The Kier molecular flexibility index (Phi) is 5.45. The highest BCUT2D eigenvalue weighted by Gasteiger charge is 2.25. The van der Waals surface area contributed by atoms with Gasteiger partial charge in [0, 0.05) is 49.7 Å². The Morgan fingerprint density at radius 3 is 2.96 bits per heavy atom. The van der Waals surface area contributed by atoms with Gasteiger partial charge in [-0.2, -0.15) is 0 Å². The second-order valence-electron chi connectivity index (χ2n) is 6.26. The van der Waals surface area contributed by atoms with Gasteiger partial charge in [-0.3, -0.25) is 9.78 Å². The van der Waals surface area contributed by atoms with Crippen LogP contribution in [-0.4, -0.2) is 49.7 Å². The van der Waals surface area contributed by atoms with E-state index in [4.69, 9.17) is 11.6 Å². The van der Waals surface area contributed by atoms with Crippen LogP contribution in [0.4, 0.5) is 0 Å². The highest BCUT2D eigenvalue weighted by molar-refractivity contribution is 6.18. The Hall–Kier alpha value is -1.95. The molecule has 1 aliphatic rings. The fourth-order valence-corrected chi connectivity index (χ4v) is 3.38. The first kappa shape index (κ1) is 16.9. The molecule has 0 spiro atoms. The van der Waals surface area contributed by atoms with E-state index in [1.807, 2.05) is 11.8 Å². The second-order valence-corrected chi connectivity index (χ2v) is 6.64. The van der Waals surface area contributed by atoms with Gasteiger partial charge in [0.1, 0.15) is 5.69 Å². The van der Waals surface area contributed by atoms with Gasteiger partial charge in [0.25, 0.3) is 0 Å². The van der Waals surface area contributed by atoms with Crippen LogP contribution in [0.1, 0.15) is 30.7 Å². The highest BCUT2D eigenvalue weighted by atomic mass is 35.5. The number of likely N-dealkylation sites (tertiary alicyclic amines) is 1. The molecule has 1 unspecified atom stereocenters. The Labute approximate surface area is 146 Å². The summed E-state index contributed by atoms with van der Waals surface area (Å²) in [4.78, 5) is 30.6. The van der Waals surface area contributed by atoms with E-state index in [2.05, 4.69) is 19.9 Å². The van der Waals surface area contributed by atoms with Crippen molar-refractivity contribution in [2.45, 2.75) is 32.6 Å². The molecule has 3 heterocycles. The fraction of sp³-hybridized carbons (Fsp3) is 0.529. The van der Waals surface area contributed by atoms with Crippen molar-refractivity contribution in [1.82, 2.24) is 24.8 Å². The van der Waals surface area contributed by atoms with Crippen molar-refractivity contribution < 1.29 is 4.79 Å². The molecular weight excluding hydrogens is 326 g/mol. The third kappa shape index (κ3) is 3.93. The van der Waals surface area contributed by atoms with Crippen LogP contribution in [-0.2, 0) is 11.2 Å². The predicted molar refractivity (Wildman–Crippen MR) is 92.7 cm³/mol. The smallest absolute Gasteiger partial charge is 0.223 e. The van der Waals surface area contributed by atoms with Crippen molar-refractivity contribution in [2.75, 3.05) is 19.0 Å². The van der Waals surface area contributed by atoms with Crippen molar-refractivity contribution in [3.05, 3.63) is 30.0 Å². The highest BCUT2D eigenvalue weighted by Crippen LogP contribution is 2.24. The zero-order chi connectivity index (χ0) is 16.9. The quantitative estimate of drug-likeness (QED) is 0.843. The summed E-state index contributed by atoms with van der Waals surface area (Å²) in [6.07, 6.45) is 8.53. The summed E-state index contributed by atoms with van der Waals surface area (Å²) in [6, 6.07) is 0. The molecule has 0 aromatic carbocycles. The number of halogens is 1. The van der Waals surface area contributed by atoms with Gasteiger partial charge in [-0.25, -0.2) is 9.97 Å². The third-order valence-corrected chi connectivity index (χ3v) is 4.55. The maximum atomic E-state index is 12.1. The summed E-state index contributed by atoms with van der Waals surface area (Å²) in [7, 11) is 0. The zero-order valence-electron chi connectivity index (χ0n) is 13.8. The van der Waals surface area contributed by atoms with Gasteiger partial charge in [0.15, 0.2) is 5.82 Å². The van der Waals surface area contributed by atoms with Gasteiger partial charge in [0.2, 0.25) is 5.91 Å². The number of H-pyrrole nitrogens is 1. The SMILES string of the molecule is Cc1cnc(-c2nccnc2CC2CCCN(C(=O)CCCl)C2)[nH]1. The fourth-order valence-electron chi connectivity index (χ4n) is 3.22. The van der Waals surface area contributed by atoms with Crippen molar-refractivity contribution in [2.24, 2.45) is 5.92 Å². The monoisotopic (exact) mass is 347 g/mol. The largest absolute Gasteiger partial charge is 0.342 e. The number of nitrogens with one attached hydrogen (secondary N) is 1. The summed E-state index contributed by atoms with van der Waals surface area (Å²) in [5, 5.41) is 0. The maximum Gasteiger partial charge on any atom is 0.223 e. The Bertz CT molecular complexity index is 702. The van der Waals surface area contributed by atoms with Crippen LogP contribution in [0.25, 0.3) is 11.5 Å². The standard InChI is InChI=1S/C17H22ClN5O/c1-12-10-21-17(22-12)16-14(19-6-7-20-16)9-13-3-2-8-23(11-13)15(24)4-5-18/h6-7,10,13H,2-5,8-9,11H2,1H3,(H,21,22). The van der Waals surface area contributed by atoms with Gasteiger partial charge >= 0.3 is 0 Å². The van der Waals surface area contributed by atoms with Crippen LogP contribution in [0.3, 0.4) is 0 Å². The summed E-state index contributed by atoms with van der Waals surface area (Å²) in [5.74, 6) is 1.67. The molecule has 0 saturated carbocycles. The van der Waals surface area contributed by atoms with Crippen molar-refractivity contribution in [3.63, 3.8) is 0 Å². The number of aryl methyl sites for hydroxylation is 1. The van der Waals surface area contributed by atoms with Crippen molar-refractivity contribution in [3.8, 4) is 11.5 Å². The number of nitrogens with zero attached hydrogens (tertiary/aromatic N) is 4. The lowest BCUT2D eigenvalue weighted by Crippen LogP contribution is -2.40. The first-order chi connectivity index (χ1) is 11.7. The van der Waals surface area contributed by atoms with E-state index in [0.29, 0.717) is 18.2 Å². The Balaban J connectivity index is 1.73. The molecule has 0 radical (unpaired) electrons. The minimum Gasteiger partial charge on any atom is -0.342 e. The minimum absolute atomic E-state index is 0.149. The average molecular weight is 348 g/mol. The number of hydrogen-bond donors (Lipinski definition) is 1. The number of carbonyl (C=O) groups excluding carboxylic acids is 1. The van der Waals surface area contributed by atoms with Crippen LogP contribution in [0.15, 0.2) is 18.6 Å². The molecule has 0 bridgehead atoms. The lowest BCUT2D eigenvalue weighted by molar-refractivity contribution is -0.132. The number of imidazole rings is 1. The number of aromatic amines is 1. The van der Waals surface area contributed by atoms with Crippen LogP contribution >= 0.6 is 11.6 Å². The maximum absolute atomic E-state index is 12.1. The van der Waals surface area contributed by atoms with Crippen LogP contribution < -0.4 is 0 Å². The van der Waals surface area contributed by atoms with Crippen LogP contribution in [0.2, 0.25) is 0 Å². The number of amides is 1. The Morgan fingerprint density at radius 2 is 2.21 bits per heavy atom. The number of piperidine rings is 1. The van der Waals surface area contributed by atoms with Crippen molar-refractivity contribution in [1.29, 1.82) is 0 Å². The van der Waals surface area contributed by atoms with Gasteiger partial charge in [-0.1, -0.05) is 0 Å². The van der Waals surface area contributed by atoms with Gasteiger partial charge in [-0.05, 0) is 32.1 Å². The molecular formula is C17H22ClN5O. The van der Waals surface area contributed by atoms with Crippen molar-refractivity contribution >= 4 is 17.5 Å². The first-order valence-electron chi connectivity index (χ1n) is 8.33. The molecule has 1 aliphatic heterocycles. The van der Waals surface area contributed by atoms with E-state index in [-0.39, 0.29) is 5.91 Å². The lowest BCUT2D eigenvalue weighted by atomic mass is 9.92. The van der Waals surface area contributed by atoms with E-state index in [9.17, 15) is 4.79 Å². The molecule has 1 atom stereocenters. The molecule has 6 nitrogen and oxygen atoms in total. The van der Waals surface area contributed by atoms with E-state index in [1.54, 1.807) is 18.6 Å². The number of alkyl halides is 1. The molecule has 7 heteroatoms. The summed E-state index contributed by atoms with van der Waals surface area (Å²) >= 11 is 5.70. The molecule has 24 heavy (non-hydrogen) atoms. The second kappa shape index (κ2) is 7.75. The molecule has 1 saturated heterocycles. The number of aromatic nitrogens is 4. The summed E-state index contributed by atoms with van der Waals surface area (Å²) < 4.78 is 0. The number of rotatable bonds is 5. The van der Waals surface area contributed by atoms with E-state index in [0.717, 1.165) is 55.3 Å². The van der Waals surface area contributed by atoms with E-state index in [1.165, 1.54) is 0 Å². The zero-order valence-corrected chi connectivity index (χ0v) is 14.6. The number of carbonyl (C=O) groups is 1. The molecule has 2 aromatic heterocycles. The van der Waals surface area contributed by atoms with Crippen LogP contribution in [0, 0.1) is 12.8 Å². The molecule has 1 fully saturated rings. The van der Waals surface area contributed by atoms with E-state index >= 15 is 0 Å². The van der Waals surface area contributed by atoms with Gasteiger partial charge in [-0.15, -0.1) is 11.6 Å². The van der Waals surface area contributed by atoms with E-state index < -0.39 is 0 Å². The average Bonchev–Trinajstić information content (AvgIpc) is 3.02. The molecule has 3 rings (SSSR count). The first-order valence-corrected chi connectivity index (χ1v) is 8.86. The predicted octanol–water partition coefficient (Wildman–Crippen LogP) is 2.59. The van der Waals surface area contributed by atoms with Gasteiger partial charge in [0.05, 0.1) is 5.69 Å². The third-order valence-electron chi connectivity index (χ3n) is 4.36. The Morgan fingerprint density at radius 1 is 1.38 bits per heavy atom. The normalized spacial score (nSPS) is 17.9. The molecule has 2 aromatic rings. The van der Waals surface area contributed by atoms with Gasteiger partial charge < -0.3 is 9.88 Å². The number of hydrogen-bond acceptors (Lipinski definition) is 4. The lowest BCUT2D eigenvalue weighted by Gasteiger charge is -2.32. The minimum atomic E-state index is 0.149. The molecule has 128 valence electrons. The summed E-state index contributed by atoms with van der Waals surface area (Å²) in [6.45, 7) is 3.56. The molecule has 1 N–H and O–H groups in total. The van der Waals surface area contributed by atoms with Crippen LogP contribution in [0.5, 0.6) is 0 Å². The topological polar surface area (TPSA) is 74.8 Å².